The van der Waals surface area contributed by atoms with Crippen molar-refractivity contribution in [2.24, 2.45) is 0 Å². The first-order valence-corrected chi connectivity index (χ1v) is 9.82. The summed E-state index contributed by atoms with van der Waals surface area (Å²) in [4.78, 5) is 16.9. The number of nitrogens with zero attached hydrogens (tertiary/aromatic N) is 2. The molecule has 0 aliphatic rings. The van der Waals surface area contributed by atoms with Crippen LogP contribution in [0.1, 0.15) is 27.4 Å². The third kappa shape index (κ3) is 5.15. The molecule has 1 amide bonds. The van der Waals surface area contributed by atoms with Gasteiger partial charge in [-0.25, -0.2) is 8.78 Å². The van der Waals surface area contributed by atoms with E-state index in [2.05, 4.69) is 15.5 Å². The molecule has 6 nitrogen and oxygen atoms in total. The number of benzene rings is 3. The van der Waals surface area contributed by atoms with Crippen LogP contribution >= 0.6 is 0 Å². The van der Waals surface area contributed by atoms with E-state index >= 15 is 0 Å². The van der Waals surface area contributed by atoms with Gasteiger partial charge in [0.2, 0.25) is 5.82 Å². The number of amides is 1. The van der Waals surface area contributed by atoms with Gasteiger partial charge in [-0.3, -0.25) is 4.79 Å². The summed E-state index contributed by atoms with van der Waals surface area (Å²) >= 11 is 0. The van der Waals surface area contributed by atoms with Crippen LogP contribution in [0, 0.1) is 18.6 Å². The van der Waals surface area contributed by atoms with Gasteiger partial charge in [0, 0.05) is 18.2 Å². The standard InChI is InChI=1S/C24H19F2N3O3/c1-15-6-8-17(9-7-15)23-28-22(32-29-23)14-31-21-5-3-2-4-20(21)24(30)27-13-16-10-18(25)12-19(26)11-16/h2-12H,13-14H2,1H3,(H,27,30). The van der Waals surface area contributed by atoms with Crippen molar-refractivity contribution in [3.8, 4) is 17.1 Å². The van der Waals surface area contributed by atoms with Gasteiger partial charge in [-0.15, -0.1) is 0 Å². The van der Waals surface area contributed by atoms with Gasteiger partial charge in [0.25, 0.3) is 11.8 Å². The van der Waals surface area contributed by atoms with Gasteiger partial charge in [0.1, 0.15) is 17.4 Å². The zero-order valence-corrected chi connectivity index (χ0v) is 17.1. The fourth-order valence-electron chi connectivity index (χ4n) is 3.04. The molecule has 0 aliphatic heterocycles. The van der Waals surface area contributed by atoms with Crippen molar-refractivity contribution in [2.75, 3.05) is 0 Å². The van der Waals surface area contributed by atoms with Gasteiger partial charge in [0.15, 0.2) is 6.61 Å². The first-order valence-electron chi connectivity index (χ1n) is 9.82. The van der Waals surface area contributed by atoms with Crippen LogP contribution in [-0.2, 0) is 13.2 Å². The molecule has 0 saturated heterocycles. The highest BCUT2D eigenvalue weighted by Gasteiger charge is 2.15. The lowest BCUT2D eigenvalue weighted by molar-refractivity contribution is 0.0945. The van der Waals surface area contributed by atoms with Crippen LogP contribution in [0.2, 0.25) is 0 Å². The van der Waals surface area contributed by atoms with Crippen molar-refractivity contribution in [3.05, 3.63) is 101 Å². The molecular weight excluding hydrogens is 416 g/mol. The van der Waals surface area contributed by atoms with Crippen molar-refractivity contribution in [1.82, 2.24) is 15.5 Å². The van der Waals surface area contributed by atoms with Crippen molar-refractivity contribution < 1.29 is 22.8 Å². The zero-order valence-electron chi connectivity index (χ0n) is 17.1. The van der Waals surface area contributed by atoms with Crippen LogP contribution in [0.3, 0.4) is 0 Å². The van der Waals surface area contributed by atoms with E-state index < -0.39 is 17.5 Å². The minimum absolute atomic E-state index is 0.0295. The Kier molecular flexibility index (Phi) is 6.21. The third-order valence-electron chi connectivity index (χ3n) is 4.64. The number of ether oxygens (including phenoxy) is 1. The number of para-hydroxylation sites is 1. The number of hydrogen-bond donors (Lipinski definition) is 1. The topological polar surface area (TPSA) is 77.2 Å². The number of hydrogen-bond acceptors (Lipinski definition) is 5. The van der Waals surface area contributed by atoms with E-state index in [1.807, 2.05) is 31.2 Å². The lowest BCUT2D eigenvalue weighted by Gasteiger charge is -2.11. The van der Waals surface area contributed by atoms with E-state index in [-0.39, 0.29) is 24.6 Å². The lowest BCUT2D eigenvalue weighted by Crippen LogP contribution is -2.23. The number of carbonyl (C=O) groups is 1. The molecule has 0 spiro atoms. The van der Waals surface area contributed by atoms with Crippen LogP contribution in [0.25, 0.3) is 11.4 Å². The first kappa shape index (κ1) is 21.2. The highest BCUT2D eigenvalue weighted by Crippen LogP contribution is 2.21. The summed E-state index contributed by atoms with van der Waals surface area (Å²) in [6.07, 6.45) is 0. The molecule has 0 fully saturated rings. The Morgan fingerprint density at radius 1 is 1.03 bits per heavy atom. The van der Waals surface area contributed by atoms with Crippen molar-refractivity contribution in [1.29, 1.82) is 0 Å². The normalized spacial score (nSPS) is 10.7. The van der Waals surface area contributed by atoms with E-state index in [1.165, 1.54) is 0 Å². The Balaban J connectivity index is 1.41. The second-order valence-electron chi connectivity index (χ2n) is 7.12. The van der Waals surface area contributed by atoms with Gasteiger partial charge >= 0.3 is 0 Å². The summed E-state index contributed by atoms with van der Waals surface area (Å²) < 4.78 is 37.6. The average Bonchev–Trinajstić information content (AvgIpc) is 3.25. The van der Waals surface area contributed by atoms with Crippen LogP contribution in [0.5, 0.6) is 5.75 Å². The average molecular weight is 435 g/mol. The van der Waals surface area contributed by atoms with Gasteiger partial charge in [-0.2, -0.15) is 4.98 Å². The predicted octanol–water partition coefficient (Wildman–Crippen LogP) is 4.83. The van der Waals surface area contributed by atoms with E-state index in [9.17, 15) is 13.6 Å². The van der Waals surface area contributed by atoms with Gasteiger partial charge in [-0.1, -0.05) is 47.1 Å². The molecule has 0 unspecified atom stereocenters. The van der Waals surface area contributed by atoms with Gasteiger partial charge in [0.05, 0.1) is 5.56 Å². The molecule has 162 valence electrons. The second-order valence-corrected chi connectivity index (χ2v) is 7.12. The molecule has 1 N–H and O–H groups in total. The molecular formula is C24H19F2N3O3. The fraction of sp³-hybridized carbons (Fsp3) is 0.125. The smallest absolute Gasteiger partial charge is 0.264 e. The Bertz CT molecular complexity index is 1220. The molecule has 0 saturated carbocycles. The van der Waals surface area contributed by atoms with Crippen molar-refractivity contribution in [2.45, 2.75) is 20.1 Å². The van der Waals surface area contributed by atoms with Crippen molar-refractivity contribution in [3.63, 3.8) is 0 Å². The molecule has 0 atom stereocenters. The maximum absolute atomic E-state index is 13.3. The Morgan fingerprint density at radius 3 is 2.50 bits per heavy atom. The second kappa shape index (κ2) is 9.38. The van der Waals surface area contributed by atoms with E-state index in [1.54, 1.807) is 24.3 Å². The van der Waals surface area contributed by atoms with E-state index in [0.717, 1.165) is 29.3 Å². The van der Waals surface area contributed by atoms with Gasteiger partial charge in [-0.05, 0) is 36.8 Å². The quantitative estimate of drug-likeness (QED) is 0.450. The number of nitrogens with one attached hydrogen (secondary N) is 1. The van der Waals surface area contributed by atoms with Crippen LogP contribution in [-0.4, -0.2) is 16.0 Å². The molecule has 32 heavy (non-hydrogen) atoms. The number of aryl methyl sites for hydroxylation is 1. The van der Waals surface area contributed by atoms with Gasteiger partial charge < -0.3 is 14.6 Å². The third-order valence-corrected chi connectivity index (χ3v) is 4.64. The SMILES string of the molecule is Cc1ccc(-c2noc(COc3ccccc3C(=O)NCc3cc(F)cc(F)c3)n2)cc1. The first-order chi connectivity index (χ1) is 15.5. The highest BCUT2D eigenvalue weighted by atomic mass is 19.1. The number of rotatable bonds is 7. The monoisotopic (exact) mass is 435 g/mol. The Hall–Kier alpha value is -4.07. The molecule has 1 aromatic heterocycles. The maximum Gasteiger partial charge on any atom is 0.264 e. The molecule has 0 radical (unpaired) electrons. The predicted molar refractivity (Wildman–Crippen MR) is 113 cm³/mol. The Labute approximate surface area is 182 Å². The number of aromatic nitrogens is 2. The summed E-state index contributed by atoms with van der Waals surface area (Å²) in [6.45, 7) is 1.92. The molecule has 8 heteroatoms. The maximum atomic E-state index is 13.3. The minimum atomic E-state index is -0.706. The molecule has 4 aromatic rings. The summed E-state index contributed by atoms with van der Waals surface area (Å²) in [6, 6.07) is 17.4. The highest BCUT2D eigenvalue weighted by molar-refractivity contribution is 5.96. The molecule has 0 aliphatic carbocycles. The minimum Gasteiger partial charge on any atom is -0.483 e. The van der Waals surface area contributed by atoms with Crippen LogP contribution in [0.15, 0.2) is 71.3 Å². The Morgan fingerprint density at radius 2 is 1.75 bits per heavy atom. The molecule has 1 heterocycles. The summed E-state index contributed by atoms with van der Waals surface area (Å²) in [5.41, 5.74) is 2.52. The summed E-state index contributed by atoms with van der Waals surface area (Å²) in [5.74, 6) is -0.852. The molecule has 0 bridgehead atoms. The molecule has 4 rings (SSSR count). The number of carbonyl (C=O) groups excluding carboxylic acids is 1. The van der Waals surface area contributed by atoms with Crippen molar-refractivity contribution >= 4 is 5.91 Å². The van der Waals surface area contributed by atoms with E-state index in [4.69, 9.17) is 9.26 Å². The largest absolute Gasteiger partial charge is 0.483 e. The zero-order chi connectivity index (χ0) is 22.5. The van der Waals surface area contributed by atoms with Crippen LogP contribution < -0.4 is 10.1 Å². The van der Waals surface area contributed by atoms with E-state index in [0.29, 0.717) is 17.1 Å². The number of halogens is 2. The van der Waals surface area contributed by atoms with Crippen LogP contribution in [0.4, 0.5) is 8.78 Å². The summed E-state index contributed by atoms with van der Waals surface area (Å²) in [7, 11) is 0. The summed E-state index contributed by atoms with van der Waals surface area (Å²) in [5, 5.41) is 6.59. The fourth-order valence-corrected chi connectivity index (χ4v) is 3.04. The molecule has 3 aromatic carbocycles. The lowest BCUT2D eigenvalue weighted by atomic mass is 10.1.